The van der Waals surface area contributed by atoms with Gasteiger partial charge >= 0.3 is 5.97 Å². The number of aromatic carboxylic acids is 1. The number of carboxylic acids is 1. The molecule has 1 fully saturated rings. The fourth-order valence-electron chi connectivity index (χ4n) is 3.49. The molecule has 0 aromatic heterocycles. The van der Waals surface area contributed by atoms with Gasteiger partial charge < -0.3 is 24.6 Å². The average Bonchev–Trinajstić information content (AvgIpc) is 3.31. The maximum atomic E-state index is 12.6. The van der Waals surface area contributed by atoms with Crippen LogP contribution in [0.25, 0.3) is 0 Å². The van der Waals surface area contributed by atoms with E-state index in [0.717, 1.165) is 18.4 Å². The molecule has 0 radical (unpaired) electrons. The fourth-order valence-corrected chi connectivity index (χ4v) is 4.58. The third-order valence-electron chi connectivity index (χ3n) is 5.23. The Morgan fingerprint density at radius 3 is 2.59 bits per heavy atom. The summed E-state index contributed by atoms with van der Waals surface area (Å²) < 4.78 is 43.6. The Hall–Kier alpha value is -2.82. The molecule has 1 unspecified atom stereocenters. The number of carbonyl (C=O) groups is 1. The number of sulfonamides is 1. The van der Waals surface area contributed by atoms with Gasteiger partial charge in [-0.15, -0.1) is 0 Å². The van der Waals surface area contributed by atoms with Crippen molar-refractivity contribution >= 4 is 21.7 Å². The summed E-state index contributed by atoms with van der Waals surface area (Å²) in [5, 5.41) is 12.7. The first kappa shape index (κ1) is 23.8. The van der Waals surface area contributed by atoms with Crippen molar-refractivity contribution in [1.29, 1.82) is 0 Å². The second-order valence-electron chi connectivity index (χ2n) is 7.37. The molecule has 10 heteroatoms. The molecule has 3 N–H and O–H groups in total. The zero-order valence-corrected chi connectivity index (χ0v) is 18.9. The van der Waals surface area contributed by atoms with Gasteiger partial charge in [-0.2, -0.15) is 0 Å². The summed E-state index contributed by atoms with van der Waals surface area (Å²) in [6.45, 7) is 1.23. The zero-order chi connectivity index (χ0) is 23.1. The molecule has 0 bridgehead atoms. The molecule has 174 valence electrons. The lowest BCUT2D eigenvalue weighted by Crippen LogP contribution is -2.32. The lowest BCUT2D eigenvalue weighted by atomic mass is 10.1. The average molecular weight is 465 g/mol. The first-order chi connectivity index (χ1) is 15.3. The molecule has 2 aromatic rings. The van der Waals surface area contributed by atoms with Gasteiger partial charge in [-0.25, -0.2) is 17.9 Å². The smallest absolute Gasteiger partial charge is 0.337 e. The number of rotatable bonds is 11. The third kappa shape index (κ3) is 5.90. The Morgan fingerprint density at radius 2 is 1.94 bits per heavy atom. The van der Waals surface area contributed by atoms with Crippen LogP contribution in [-0.2, 0) is 21.2 Å². The maximum absolute atomic E-state index is 12.6. The van der Waals surface area contributed by atoms with E-state index < -0.39 is 16.0 Å². The van der Waals surface area contributed by atoms with Gasteiger partial charge in [-0.05, 0) is 55.2 Å². The van der Waals surface area contributed by atoms with Gasteiger partial charge in [-0.1, -0.05) is 6.07 Å². The van der Waals surface area contributed by atoms with Gasteiger partial charge in [0.15, 0.2) is 11.5 Å². The first-order valence-corrected chi connectivity index (χ1v) is 11.8. The number of ether oxygens (including phenoxy) is 3. The summed E-state index contributed by atoms with van der Waals surface area (Å²) >= 11 is 0. The number of methoxy groups -OCH3 is 2. The Kier molecular flexibility index (Phi) is 7.94. The van der Waals surface area contributed by atoms with Crippen LogP contribution >= 0.6 is 0 Å². The molecule has 1 saturated heterocycles. The predicted molar refractivity (Wildman–Crippen MR) is 119 cm³/mol. The highest BCUT2D eigenvalue weighted by Gasteiger charge is 2.22. The summed E-state index contributed by atoms with van der Waals surface area (Å²) in [4.78, 5) is 11.7. The van der Waals surface area contributed by atoms with E-state index in [0.29, 0.717) is 36.8 Å². The lowest BCUT2D eigenvalue weighted by molar-refractivity contribution is 0.0697. The van der Waals surface area contributed by atoms with Crippen LogP contribution in [0.4, 0.5) is 5.69 Å². The molecule has 32 heavy (non-hydrogen) atoms. The molecule has 0 spiro atoms. The quantitative estimate of drug-likeness (QED) is 0.464. The SMILES string of the molecule is COc1ccc(CCNc2ccc(S(=O)(=O)NCC3CCCO3)cc2C(=O)O)cc1OC. The topological polar surface area (TPSA) is 123 Å². The van der Waals surface area contributed by atoms with E-state index in [1.54, 1.807) is 20.3 Å². The standard InChI is InChI=1S/C22H28N2O7S/c1-29-20-8-5-15(12-21(20)30-2)9-10-23-19-7-6-17(13-18(19)22(25)26)32(27,28)24-14-16-4-3-11-31-16/h5-8,12-13,16,23-24H,3-4,9-11,14H2,1-2H3,(H,25,26). The summed E-state index contributed by atoms with van der Waals surface area (Å²) in [5.74, 6) is 0.0263. The van der Waals surface area contributed by atoms with Gasteiger partial charge in [0.2, 0.25) is 10.0 Å². The summed E-state index contributed by atoms with van der Waals surface area (Å²) in [5.41, 5.74) is 1.21. The van der Waals surface area contributed by atoms with Crippen LogP contribution in [0.5, 0.6) is 11.5 Å². The lowest BCUT2D eigenvalue weighted by Gasteiger charge is -2.14. The summed E-state index contributed by atoms with van der Waals surface area (Å²) in [6, 6.07) is 9.59. The number of hydrogen-bond acceptors (Lipinski definition) is 7. The summed E-state index contributed by atoms with van der Waals surface area (Å²) in [6.07, 6.45) is 2.15. The number of benzene rings is 2. The van der Waals surface area contributed by atoms with Crippen LogP contribution < -0.4 is 19.5 Å². The van der Waals surface area contributed by atoms with Crippen molar-refractivity contribution in [2.75, 3.05) is 39.2 Å². The largest absolute Gasteiger partial charge is 0.493 e. The molecule has 1 heterocycles. The van der Waals surface area contributed by atoms with E-state index in [2.05, 4.69) is 10.0 Å². The zero-order valence-electron chi connectivity index (χ0n) is 18.1. The molecule has 2 aromatic carbocycles. The van der Waals surface area contributed by atoms with Crippen LogP contribution in [0.1, 0.15) is 28.8 Å². The Labute approximate surface area is 187 Å². The van der Waals surface area contributed by atoms with Crippen LogP contribution in [0, 0.1) is 0 Å². The van der Waals surface area contributed by atoms with Crippen LogP contribution in [0.2, 0.25) is 0 Å². The molecule has 1 atom stereocenters. The minimum Gasteiger partial charge on any atom is -0.493 e. The van der Waals surface area contributed by atoms with E-state index in [4.69, 9.17) is 14.2 Å². The van der Waals surface area contributed by atoms with Gasteiger partial charge in [0.25, 0.3) is 0 Å². The fraction of sp³-hybridized carbons (Fsp3) is 0.409. The van der Waals surface area contributed by atoms with Crippen molar-refractivity contribution in [1.82, 2.24) is 4.72 Å². The molecule has 0 aliphatic carbocycles. The Balaban J connectivity index is 1.67. The molecular weight excluding hydrogens is 436 g/mol. The van der Waals surface area contributed by atoms with Crippen LogP contribution in [0.3, 0.4) is 0 Å². The van der Waals surface area contributed by atoms with Crippen molar-refractivity contribution in [3.63, 3.8) is 0 Å². The summed E-state index contributed by atoms with van der Waals surface area (Å²) in [7, 11) is -0.722. The number of anilines is 1. The monoisotopic (exact) mass is 464 g/mol. The molecule has 0 amide bonds. The van der Waals surface area contributed by atoms with Crippen molar-refractivity contribution < 1.29 is 32.5 Å². The Morgan fingerprint density at radius 1 is 1.16 bits per heavy atom. The highest BCUT2D eigenvalue weighted by atomic mass is 32.2. The van der Waals surface area contributed by atoms with E-state index >= 15 is 0 Å². The highest BCUT2D eigenvalue weighted by molar-refractivity contribution is 7.89. The van der Waals surface area contributed by atoms with Crippen molar-refractivity contribution in [2.45, 2.75) is 30.3 Å². The minimum absolute atomic E-state index is 0.0988. The maximum Gasteiger partial charge on any atom is 0.337 e. The van der Waals surface area contributed by atoms with E-state index in [1.165, 1.54) is 18.2 Å². The van der Waals surface area contributed by atoms with Crippen LogP contribution in [-0.4, -0.2) is 59.5 Å². The van der Waals surface area contributed by atoms with E-state index in [1.807, 2.05) is 12.1 Å². The third-order valence-corrected chi connectivity index (χ3v) is 6.66. The number of carboxylic acid groups (broad SMARTS) is 1. The van der Waals surface area contributed by atoms with Gasteiger partial charge in [0.05, 0.1) is 30.8 Å². The molecule has 9 nitrogen and oxygen atoms in total. The number of nitrogens with one attached hydrogen (secondary N) is 2. The van der Waals surface area contributed by atoms with Gasteiger partial charge in [0, 0.05) is 25.4 Å². The Bertz CT molecular complexity index is 1050. The van der Waals surface area contributed by atoms with E-state index in [9.17, 15) is 18.3 Å². The molecule has 1 aliphatic rings. The first-order valence-electron chi connectivity index (χ1n) is 10.3. The minimum atomic E-state index is -3.85. The second kappa shape index (κ2) is 10.7. The van der Waals surface area contributed by atoms with Gasteiger partial charge in [0.1, 0.15) is 0 Å². The molecular formula is C22H28N2O7S. The van der Waals surface area contributed by atoms with Crippen molar-refractivity contribution in [2.24, 2.45) is 0 Å². The van der Waals surface area contributed by atoms with Crippen LogP contribution in [0.15, 0.2) is 41.3 Å². The molecule has 3 rings (SSSR count). The predicted octanol–water partition coefficient (Wildman–Crippen LogP) is 2.51. The number of hydrogen-bond donors (Lipinski definition) is 3. The van der Waals surface area contributed by atoms with Crippen molar-refractivity contribution in [3.05, 3.63) is 47.5 Å². The van der Waals surface area contributed by atoms with Crippen molar-refractivity contribution in [3.8, 4) is 11.5 Å². The van der Waals surface area contributed by atoms with E-state index in [-0.39, 0.29) is 23.1 Å². The second-order valence-corrected chi connectivity index (χ2v) is 9.13. The molecule has 0 saturated carbocycles. The van der Waals surface area contributed by atoms with Gasteiger partial charge in [-0.3, -0.25) is 0 Å². The highest BCUT2D eigenvalue weighted by Crippen LogP contribution is 2.28. The molecule has 1 aliphatic heterocycles. The normalized spacial score (nSPS) is 16.0.